The molecule has 0 saturated carbocycles. The number of likely N-dealkylation sites (N-methyl/N-ethyl adjacent to an activating group) is 1. The highest BCUT2D eigenvalue weighted by Crippen LogP contribution is 2.13. The number of hydrogen-bond donors (Lipinski definition) is 2. The number of aromatic nitrogens is 2. The van der Waals surface area contributed by atoms with Crippen molar-refractivity contribution in [3.8, 4) is 0 Å². The van der Waals surface area contributed by atoms with Crippen molar-refractivity contribution in [1.29, 1.82) is 0 Å². The molecule has 88 valence electrons. The maximum Gasteiger partial charge on any atom is 0.290 e. The summed E-state index contributed by atoms with van der Waals surface area (Å²) in [5.41, 5.74) is -0.0975. The molecule has 1 unspecified atom stereocenters. The molecule has 5 heteroatoms. The van der Waals surface area contributed by atoms with Crippen molar-refractivity contribution in [2.24, 2.45) is 0 Å². The molecule has 1 aliphatic rings. The molecule has 5 nitrogen and oxygen atoms in total. The minimum Gasteiger partial charge on any atom is -0.350 e. The van der Waals surface area contributed by atoms with Crippen LogP contribution >= 0.6 is 0 Å². The predicted molar refractivity (Wildman–Crippen MR) is 63.8 cm³/mol. The van der Waals surface area contributed by atoms with E-state index in [1.165, 1.54) is 6.42 Å². The van der Waals surface area contributed by atoms with E-state index in [1.54, 1.807) is 12.4 Å². The standard InChI is InChI=1S/C11H18N4O/c1-2-12-9-4-3-7-15(8-9)10-11(16)14-6-5-13-10/h5-6,9,12H,2-4,7-8H2,1H3,(H,14,16). The van der Waals surface area contributed by atoms with Gasteiger partial charge in [0.25, 0.3) is 5.56 Å². The molecule has 2 N–H and O–H groups in total. The van der Waals surface area contributed by atoms with E-state index < -0.39 is 0 Å². The van der Waals surface area contributed by atoms with E-state index >= 15 is 0 Å². The Kier molecular flexibility index (Phi) is 3.56. The van der Waals surface area contributed by atoms with Gasteiger partial charge in [-0.2, -0.15) is 0 Å². The highest BCUT2D eigenvalue weighted by Gasteiger charge is 2.21. The van der Waals surface area contributed by atoms with Crippen LogP contribution < -0.4 is 15.8 Å². The first-order valence-electron chi connectivity index (χ1n) is 5.83. The zero-order valence-corrected chi connectivity index (χ0v) is 9.57. The summed E-state index contributed by atoms with van der Waals surface area (Å²) < 4.78 is 0. The van der Waals surface area contributed by atoms with E-state index in [4.69, 9.17) is 0 Å². The molecule has 1 atom stereocenters. The molecule has 1 aromatic rings. The molecule has 2 rings (SSSR count). The summed E-state index contributed by atoms with van der Waals surface area (Å²) in [5, 5.41) is 3.42. The van der Waals surface area contributed by atoms with Gasteiger partial charge in [0.2, 0.25) is 0 Å². The molecule has 0 aromatic carbocycles. The Balaban J connectivity index is 2.10. The van der Waals surface area contributed by atoms with E-state index in [-0.39, 0.29) is 5.56 Å². The van der Waals surface area contributed by atoms with Crippen molar-refractivity contribution >= 4 is 5.82 Å². The van der Waals surface area contributed by atoms with Crippen LogP contribution in [0.1, 0.15) is 19.8 Å². The zero-order valence-electron chi connectivity index (χ0n) is 9.57. The number of anilines is 1. The van der Waals surface area contributed by atoms with Crippen LogP contribution in [-0.4, -0.2) is 35.6 Å². The van der Waals surface area contributed by atoms with E-state index in [9.17, 15) is 4.79 Å². The van der Waals surface area contributed by atoms with Crippen LogP contribution in [0.4, 0.5) is 5.82 Å². The number of hydrogen-bond acceptors (Lipinski definition) is 4. The maximum atomic E-state index is 11.6. The molecule has 0 amide bonds. The molecular formula is C11H18N4O. The third-order valence-corrected chi connectivity index (χ3v) is 2.90. The van der Waals surface area contributed by atoms with Gasteiger partial charge < -0.3 is 15.2 Å². The Hall–Kier alpha value is -1.36. The fourth-order valence-electron chi connectivity index (χ4n) is 2.19. The van der Waals surface area contributed by atoms with Gasteiger partial charge in [-0.1, -0.05) is 6.92 Å². The highest BCUT2D eigenvalue weighted by molar-refractivity contribution is 5.36. The van der Waals surface area contributed by atoms with Gasteiger partial charge in [0, 0.05) is 31.5 Å². The van der Waals surface area contributed by atoms with Gasteiger partial charge in [-0.3, -0.25) is 4.79 Å². The normalized spacial score (nSPS) is 21.1. The monoisotopic (exact) mass is 222 g/mol. The first-order chi connectivity index (χ1) is 7.81. The molecule has 1 fully saturated rings. The van der Waals surface area contributed by atoms with Gasteiger partial charge in [0.05, 0.1) is 0 Å². The minimum atomic E-state index is -0.0975. The summed E-state index contributed by atoms with van der Waals surface area (Å²) in [4.78, 5) is 20.5. The lowest BCUT2D eigenvalue weighted by Crippen LogP contribution is -2.47. The van der Waals surface area contributed by atoms with Crippen LogP contribution in [0.15, 0.2) is 17.2 Å². The van der Waals surface area contributed by atoms with Gasteiger partial charge in [-0.25, -0.2) is 4.98 Å². The molecule has 0 aliphatic carbocycles. The van der Waals surface area contributed by atoms with E-state index in [2.05, 4.69) is 27.1 Å². The Morgan fingerprint density at radius 1 is 1.69 bits per heavy atom. The molecule has 1 saturated heterocycles. The zero-order chi connectivity index (χ0) is 11.4. The predicted octanol–water partition coefficient (Wildman–Crippen LogP) is 0.348. The van der Waals surface area contributed by atoms with Crippen LogP contribution in [0.2, 0.25) is 0 Å². The van der Waals surface area contributed by atoms with Crippen LogP contribution in [0.25, 0.3) is 0 Å². The first-order valence-corrected chi connectivity index (χ1v) is 5.83. The van der Waals surface area contributed by atoms with Crippen molar-refractivity contribution in [3.05, 3.63) is 22.7 Å². The van der Waals surface area contributed by atoms with Crippen LogP contribution in [0.3, 0.4) is 0 Å². The molecule has 1 aromatic heterocycles. The number of H-pyrrole nitrogens is 1. The Morgan fingerprint density at radius 3 is 3.31 bits per heavy atom. The number of rotatable bonds is 3. The second-order valence-corrected chi connectivity index (χ2v) is 4.08. The van der Waals surface area contributed by atoms with Gasteiger partial charge in [-0.15, -0.1) is 0 Å². The summed E-state index contributed by atoms with van der Waals surface area (Å²) in [6.45, 7) is 4.86. The quantitative estimate of drug-likeness (QED) is 0.774. The highest BCUT2D eigenvalue weighted by atomic mass is 16.1. The average molecular weight is 222 g/mol. The summed E-state index contributed by atoms with van der Waals surface area (Å²) in [5.74, 6) is 0.546. The average Bonchev–Trinajstić information content (AvgIpc) is 2.30. The summed E-state index contributed by atoms with van der Waals surface area (Å²) in [6.07, 6.45) is 5.48. The summed E-state index contributed by atoms with van der Waals surface area (Å²) in [6, 6.07) is 0.472. The SMILES string of the molecule is CCNC1CCCN(c2ncc[nH]c2=O)C1. The molecule has 0 bridgehead atoms. The minimum absolute atomic E-state index is 0.0975. The topological polar surface area (TPSA) is 61.0 Å². The third kappa shape index (κ3) is 2.41. The summed E-state index contributed by atoms with van der Waals surface area (Å²) in [7, 11) is 0. The van der Waals surface area contributed by atoms with Crippen molar-refractivity contribution in [2.75, 3.05) is 24.5 Å². The van der Waals surface area contributed by atoms with Gasteiger partial charge in [0.1, 0.15) is 0 Å². The fourth-order valence-corrected chi connectivity index (χ4v) is 2.19. The van der Waals surface area contributed by atoms with Crippen LogP contribution in [0.5, 0.6) is 0 Å². The molecule has 0 radical (unpaired) electrons. The smallest absolute Gasteiger partial charge is 0.290 e. The second kappa shape index (κ2) is 5.12. The van der Waals surface area contributed by atoms with Crippen molar-refractivity contribution < 1.29 is 0 Å². The summed E-state index contributed by atoms with van der Waals surface area (Å²) >= 11 is 0. The Bertz CT molecular complexity index is 388. The molecule has 1 aliphatic heterocycles. The maximum absolute atomic E-state index is 11.6. The van der Waals surface area contributed by atoms with E-state index in [1.807, 2.05) is 0 Å². The number of aromatic amines is 1. The first kappa shape index (κ1) is 11.1. The fraction of sp³-hybridized carbons (Fsp3) is 0.636. The molecule has 2 heterocycles. The van der Waals surface area contributed by atoms with Gasteiger partial charge in [0.15, 0.2) is 5.82 Å². The van der Waals surface area contributed by atoms with E-state index in [0.29, 0.717) is 11.9 Å². The molecular weight excluding hydrogens is 204 g/mol. The number of nitrogens with one attached hydrogen (secondary N) is 2. The Morgan fingerprint density at radius 2 is 2.56 bits per heavy atom. The lowest BCUT2D eigenvalue weighted by atomic mass is 10.1. The largest absolute Gasteiger partial charge is 0.350 e. The van der Waals surface area contributed by atoms with Crippen molar-refractivity contribution in [2.45, 2.75) is 25.8 Å². The molecule has 16 heavy (non-hydrogen) atoms. The van der Waals surface area contributed by atoms with Crippen molar-refractivity contribution in [1.82, 2.24) is 15.3 Å². The third-order valence-electron chi connectivity index (χ3n) is 2.90. The van der Waals surface area contributed by atoms with Crippen molar-refractivity contribution in [3.63, 3.8) is 0 Å². The van der Waals surface area contributed by atoms with Crippen LogP contribution in [-0.2, 0) is 0 Å². The lowest BCUT2D eigenvalue weighted by Gasteiger charge is -2.33. The van der Waals surface area contributed by atoms with E-state index in [0.717, 1.165) is 26.1 Å². The van der Waals surface area contributed by atoms with Gasteiger partial charge >= 0.3 is 0 Å². The second-order valence-electron chi connectivity index (χ2n) is 4.08. The lowest BCUT2D eigenvalue weighted by molar-refractivity contribution is 0.429. The van der Waals surface area contributed by atoms with Crippen LogP contribution in [0, 0.1) is 0 Å². The number of piperidine rings is 1. The Labute approximate surface area is 94.9 Å². The number of nitrogens with zero attached hydrogens (tertiary/aromatic N) is 2. The van der Waals surface area contributed by atoms with Gasteiger partial charge in [-0.05, 0) is 19.4 Å². The molecule has 0 spiro atoms.